The summed E-state index contributed by atoms with van der Waals surface area (Å²) in [5, 5.41) is 0. The summed E-state index contributed by atoms with van der Waals surface area (Å²) in [6.45, 7) is 6.25. The van der Waals surface area contributed by atoms with Gasteiger partial charge in [0, 0.05) is 50.9 Å². The van der Waals surface area contributed by atoms with E-state index in [2.05, 4.69) is 42.2 Å². The van der Waals surface area contributed by atoms with Crippen molar-refractivity contribution in [3.8, 4) is 0 Å². The molecule has 2 aliphatic rings. The summed E-state index contributed by atoms with van der Waals surface area (Å²) in [5.74, 6) is -0.0118. The molecule has 0 aromatic heterocycles. The van der Waals surface area contributed by atoms with Gasteiger partial charge in [-0.2, -0.15) is 4.31 Å². The van der Waals surface area contributed by atoms with Gasteiger partial charge in [0.1, 0.15) is 0 Å². The number of aryl methyl sites for hydroxylation is 1. The average Bonchev–Trinajstić information content (AvgIpc) is 3.12. The summed E-state index contributed by atoms with van der Waals surface area (Å²) >= 11 is 0. The van der Waals surface area contributed by atoms with E-state index in [1.165, 1.54) is 17.4 Å². The highest BCUT2D eigenvalue weighted by Gasteiger charge is 2.40. The lowest BCUT2D eigenvalue weighted by molar-refractivity contribution is -0.116. The molecule has 1 amide bonds. The Morgan fingerprint density at radius 1 is 1.00 bits per heavy atom. The second-order valence-electron chi connectivity index (χ2n) is 9.22. The molecule has 0 radical (unpaired) electrons. The first-order valence-corrected chi connectivity index (χ1v) is 13.2. The van der Waals surface area contributed by atoms with Gasteiger partial charge in [-0.25, -0.2) is 8.42 Å². The fraction of sp³-hybridized carbons (Fsp3) is 0.480. The molecule has 4 rings (SSSR count). The van der Waals surface area contributed by atoms with E-state index in [0.717, 1.165) is 30.6 Å². The Labute approximate surface area is 191 Å². The van der Waals surface area contributed by atoms with Gasteiger partial charge in [-0.3, -0.25) is 9.69 Å². The molecule has 172 valence electrons. The minimum Gasteiger partial charge on any atom is -0.312 e. The fourth-order valence-corrected chi connectivity index (χ4v) is 6.70. The van der Waals surface area contributed by atoms with Crippen LogP contribution in [0.15, 0.2) is 48.5 Å². The first-order chi connectivity index (χ1) is 15.2. The molecule has 2 aromatic rings. The maximum atomic E-state index is 12.8. The lowest BCUT2D eigenvalue weighted by Crippen LogP contribution is -2.46. The van der Waals surface area contributed by atoms with E-state index in [4.69, 9.17) is 0 Å². The molecule has 1 fully saturated rings. The summed E-state index contributed by atoms with van der Waals surface area (Å²) in [6.07, 6.45) is 3.66. The largest absolute Gasteiger partial charge is 0.312 e. The average molecular weight is 456 g/mol. The predicted molar refractivity (Wildman–Crippen MR) is 128 cm³/mol. The molecule has 1 saturated heterocycles. The zero-order valence-electron chi connectivity index (χ0n) is 19.2. The number of carbonyl (C=O) groups excluding carboxylic acids is 1. The number of fused-ring (bicyclic) bond motifs is 3. The lowest BCUT2D eigenvalue weighted by atomic mass is 10.1. The van der Waals surface area contributed by atoms with Crippen molar-refractivity contribution >= 4 is 21.6 Å². The van der Waals surface area contributed by atoms with Crippen molar-refractivity contribution < 1.29 is 13.2 Å². The van der Waals surface area contributed by atoms with Gasteiger partial charge in [0.15, 0.2) is 0 Å². The first kappa shape index (κ1) is 23.0. The number of benzene rings is 2. The van der Waals surface area contributed by atoms with E-state index in [9.17, 15) is 13.2 Å². The molecule has 0 saturated carbocycles. The number of amides is 1. The third-order valence-corrected chi connectivity index (χ3v) is 8.04. The standard InChI is InChI=1S/C25H33N3O3S/c1-19-8-10-21(11-9-19)16-26-17-22-6-4-5-7-25(22)27(20(2)29)15-14-23-12-13-24(18-26)28(23)32(3,30)31/h4-11,23-24H,12-18H2,1-3H3/t23-,24+/m1/s1. The van der Waals surface area contributed by atoms with Crippen molar-refractivity contribution in [3.05, 3.63) is 65.2 Å². The molecule has 7 heteroatoms. The van der Waals surface area contributed by atoms with E-state index in [-0.39, 0.29) is 18.0 Å². The molecular formula is C25H33N3O3S. The zero-order chi connectivity index (χ0) is 22.9. The first-order valence-electron chi connectivity index (χ1n) is 11.3. The van der Waals surface area contributed by atoms with Crippen molar-refractivity contribution in [2.24, 2.45) is 0 Å². The second-order valence-corrected chi connectivity index (χ2v) is 11.1. The molecule has 2 atom stereocenters. The number of hydrogen-bond acceptors (Lipinski definition) is 4. The number of para-hydroxylation sites is 1. The summed E-state index contributed by atoms with van der Waals surface area (Å²) in [4.78, 5) is 16.7. The maximum absolute atomic E-state index is 12.8. The van der Waals surface area contributed by atoms with Crippen molar-refractivity contribution in [1.29, 1.82) is 0 Å². The van der Waals surface area contributed by atoms with Gasteiger partial charge >= 0.3 is 0 Å². The van der Waals surface area contributed by atoms with Crippen LogP contribution in [0.25, 0.3) is 0 Å². The van der Waals surface area contributed by atoms with Crippen LogP contribution in [-0.2, 0) is 27.9 Å². The molecule has 32 heavy (non-hydrogen) atoms. The number of anilines is 1. The third kappa shape index (κ3) is 5.05. The molecule has 2 aliphatic heterocycles. The minimum atomic E-state index is -3.35. The molecule has 0 unspecified atom stereocenters. The Bertz CT molecular complexity index is 1070. The highest BCUT2D eigenvalue weighted by atomic mass is 32.2. The molecule has 2 aromatic carbocycles. The number of carbonyl (C=O) groups is 1. The van der Waals surface area contributed by atoms with Crippen molar-refractivity contribution in [2.75, 3.05) is 24.2 Å². The van der Waals surface area contributed by atoms with Gasteiger partial charge in [-0.1, -0.05) is 48.0 Å². The Morgan fingerprint density at radius 3 is 2.38 bits per heavy atom. The summed E-state index contributed by atoms with van der Waals surface area (Å²) in [5.41, 5.74) is 4.44. The van der Waals surface area contributed by atoms with Crippen molar-refractivity contribution in [3.63, 3.8) is 0 Å². The van der Waals surface area contributed by atoms with Crippen LogP contribution >= 0.6 is 0 Å². The number of sulfonamides is 1. The van der Waals surface area contributed by atoms with Crippen LogP contribution in [0.5, 0.6) is 0 Å². The van der Waals surface area contributed by atoms with E-state index < -0.39 is 10.0 Å². The Morgan fingerprint density at radius 2 is 1.69 bits per heavy atom. The Balaban J connectivity index is 1.74. The predicted octanol–water partition coefficient (Wildman–Crippen LogP) is 3.55. The maximum Gasteiger partial charge on any atom is 0.223 e. The van der Waals surface area contributed by atoms with Crippen molar-refractivity contribution in [1.82, 2.24) is 9.21 Å². The second kappa shape index (κ2) is 9.33. The van der Waals surface area contributed by atoms with Gasteiger partial charge < -0.3 is 4.90 Å². The van der Waals surface area contributed by atoms with Gasteiger partial charge in [0.05, 0.1) is 6.26 Å². The van der Waals surface area contributed by atoms with E-state index in [0.29, 0.717) is 26.1 Å². The van der Waals surface area contributed by atoms with E-state index in [1.807, 2.05) is 23.1 Å². The Hall–Kier alpha value is -2.22. The van der Waals surface area contributed by atoms with E-state index in [1.54, 1.807) is 11.2 Å². The summed E-state index contributed by atoms with van der Waals surface area (Å²) in [7, 11) is -3.35. The molecule has 2 bridgehead atoms. The van der Waals surface area contributed by atoms with Gasteiger partial charge in [-0.15, -0.1) is 0 Å². The number of nitrogens with zero attached hydrogens (tertiary/aromatic N) is 3. The van der Waals surface area contributed by atoms with Crippen LogP contribution in [0.1, 0.15) is 42.9 Å². The van der Waals surface area contributed by atoms with Gasteiger partial charge in [0.2, 0.25) is 15.9 Å². The van der Waals surface area contributed by atoms with Crippen LogP contribution in [0.4, 0.5) is 5.69 Å². The molecule has 6 nitrogen and oxygen atoms in total. The smallest absolute Gasteiger partial charge is 0.223 e. The van der Waals surface area contributed by atoms with Crippen LogP contribution in [0, 0.1) is 6.92 Å². The molecule has 0 aliphatic carbocycles. The SMILES string of the molecule is CC(=O)N1CC[C@H]2CC[C@@H](CN(Cc3ccc(C)cc3)Cc3ccccc31)N2S(C)(=O)=O. The van der Waals surface area contributed by atoms with Crippen molar-refractivity contribution in [2.45, 2.75) is 58.3 Å². The highest BCUT2D eigenvalue weighted by molar-refractivity contribution is 7.88. The molecular weight excluding hydrogens is 422 g/mol. The molecule has 0 N–H and O–H groups in total. The fourth-order valence-electron chi connectivity index (χ4n) is 5.23. The highest BCUT2D eigenvalue weighted by Crippen LogP contribution is 2.33. The topological polar surface area (TPSA) is 60.9 Å². The van der Waals surface area contributed by atoms with E-state index >= 15 is 0 Å². The molecule has 0 spiro atoms. The quantitative estimate of drug-likeness (QED) is 0.710. The monoisotopic (exact) mass is 455 g/mol. The Kier molecular flexibility index (Phi) is 6.70. The number of rotatable bonds is 3. The number of hydrogen-bond donors (Lipinski definition) is 0. The normalized spacial score (nSPS) is 22.9. The van der Waals surface area contributed by atoms with Crippen LogP contribution in [-0.4, -0.2) is 55.0 Å². The van der Waals surface area contributed by atoms with Crippen LogP contribution in [0.2, 0.25) is 0 Å². The lowest BCUT2D eigenvalue weighted by Gasteiger charge is -2.32. The van der Waals surface area contributed by atoms with Gasteiger partial charge in [-0.05, 0) is 43.4 Å². The minimum absolute atomic E-state index is 0.0118. The zero-order valence-corrected chi connectivity index (χ0v) is 20.0. The summed E-state index contributed by atoms with van der Waals surface area (Å²) in [6, 6.07) is 16.5. The van der Waals surface area contributed by atoms with Crippen LogP contribution in [0.3, 0.4) is 0 Å². The van der Waals surface area contributed by atoms with Gasteiger partial charge in [0.25, 0.3) is 0 Å². The van der Waals surface area contributed by atoms with Crippen LogP contribution < -0.4 is 4.90 Å². The molecule has 2 heterocycles. The third-order valence-electron chi connectivity index (χ3n) is 6.67. The summed E-state index contributed by atoms with van der Waals surface area (Å²) < 4.78 is 27.2.